The second kappa shape index (κ2) is 6.52. The molecule has 1 saturated heterocycles. The lowest BCUT2D eigenvalue weighted by Crippen LogP contribution is -2.29. The van der Waals surface area contributed by atoms with Gasteiger partial charge in [0.15, 0.2) is 15.5 Å². The number of hydrogen-bond donors (Lipinski definition) is 2. The van der Waals surface area contributed by atoms with Crippen LogP contribution in [0.3, 0.4) is 0 Å². The fourth-order valence-electron chi connectivity index (χ4n) is 2.51. The van der Waals surface area contributed by atoms with E-state index in [0.29, 0.717) is 5.69 Å². The molecule has 0 radical (unpaired) electrons. The third-order valence-electron chi connectivity index (χ3n) is 3.76. The molecule has 0 amide bonds. The molecule has 0 spiro atoms. The summed E-state index contributed by atoms with van der Waals surface area (Å²) in [5, 5.41) is 20.0. The van der Waals surface area contributed by atoms with Crippen LogP contribution in [0.25, 0.3) is 0 Å². The van der Waals surface area contributed by atoms with Crippen LogP contribution >= 0.6 is 0 Å². The number of aryl methyl sites for hydroxylation is 1. The number of carboxylic acid groups (broad SMARTS) is 1. The molecule has 0 bridgehead atoms. The number of piperidine rings is 1. The third kappa shape index (κ3) is 3.79. The summed E-state index contributed by atoms with van der Waals surface area (Å²) in [7, 11) is -3.12. The summed E-state index contributed by atoms with van der Waals surface area (Å²) in [6.45, 7) is 3.35. The molecule has 1 fully saturated rings. The van der Waals surface area contributed by atoms with Gasteiger partial charge in [-0.1, -0.05) is 12.1 Å². The van der Waals surface area contributed by atoms with Gasteiger partial charge in [-0.05, 0) is 25.9 Å². The van der Waals surface area contributed by atoms with E-state index in [4.69, 9.17) is 0 Å². The van der Waals surface area contributed by atoms with Gasteiger partial charge in [0.25, 0.3) is 0 Å². The number of nitrogens with zero attached hydrogens (tertiary/aromatic N) is 3. The molecule has 2 rings (SSSR count). The van der Waals surface area contributed by atoms with Crippen molar-refractivity contribution in [3.8, 4) is 0 Å². The Morgan fingerprint density at radius 2 is 2.10 bits per heavy atom. The van der Waals surface area contributed by atoms with E-state index in [2.05, 4.69) is 15.6 Å². The summed E-state index contributed by atoms with van der Waals surface area (Å²) in [6.07, 6.45) is 1.60. The molecule has 9 heteroatoms. The van der Waals surface area contributed by atoms with Crippen LogP contribution in [0.2, 0.25) is 0 Å². The number of carboxylic acids is 1. The highest BCUT2D eigenvalue weighted by molar-refractivity contribution is 7.91. The van der Waals surface area contributed by atoms with Crippen LogP contribution in [0.15, 0.2) is 0 Å². The maximum Gasteiger partial charge on any atom is 0.358 e. The SMILES string of the molecule is CCS(=O)(=O)CCn1nnc(C(=O)O)c1C1CCNCC1. The van der Waals surface area contributed by atoms with Crippen molar-refractivity contribution < 1.29 is 18.3 Å². The molecular weight excluding hydrogens is 296 g/mol. The van der Waals surface area contributed by atoms with Crippen molar-refractivity contribution >= 4 is 15.8 Å². The van der Waals surface area contributed by atoms with E-state index in [9.17, 15) is 18.3 Å². The minimum Gasteiger partial charge on any atom is -0.476 e. The van der Waals surface area contributed by atoms with Crippen molar-refractivity contribution in [1.29, 1.82) is 0 Å². The second-order valence-corrected chi connectivity index (χ2v) is 7.58. The van der Waals surface area contributed by atoms with E-state index < -0.39 is 15.8 Å². The number of hydrogen-bond acceptors (Lipinski definition) is 6. The van der Waals surface area contributed by atoms with Gasteiger partial charge in [-0.3, -0.25) is 0 Å². The Morgan fingerprint density at radius 3 is 2.67 bits per heavy atom. The van der Waals surface area contributed by atoms with Crippen LogP contribution in [-0.4, -0.2) is 59.1 Å². The van der Waals surface area contributed by atoms with Crippen LogP contribution in [0.1, 0.15) is 41.9 Å². The molecule has 1 aliphatic heterocycles. The van der Waals surface area contributed by atoms with E-state index in [1.54, 1.807) is 6.92 Å². The van der Waals surface area contributed by atoms with Gasteiger partial charge < -0.3 is 10.4 Å². The van der Waals surface area contributed by atoms with Gasteiger partial charge in [0.1, 0.15) is 0 Å². The average Bonchev–Trinajstić information content (AvgIpc) is 2.90. The van der Waals surface area contributed by atoms with Crippen LogP contribution in [0, 0.1) is 0 Å². The lowest BCUT2D eigenvalue weighted by molar-refractivity contribution is 0.0688. The lowest BCUT2D eigenvalue weighted by Gasteiger charge is -2.23. The van der Waals surface area contributed by atoms with E-state index in [0.717, 1.165) is 25.9 Å². The van der Waals surface area contributed by atoms with E-state index in [1.807, 2.05) is 0 Å². The first-order chi connectivity index (χ1) is 9.94. The van der Waals surface area contributed by atoms with E-state index in [1.165, 1.54) is 4.68 Å². The van der Waals surface area contributed by atoms with Crippen molar-refractivity contribution in [2.75, 3.05) is 24.6 Å². The zero-order chi connectivity index (χ0) is 15.5. The molecule has 0 aromatic carbocycles. The predicted molar refractivity (Wildman–Crippen MR) is 76.2 cm³/mol. The molecule has 118 valence electrons. The van der Waals surface area contributed by atoms with Gasteiger partial charge in [0.05, 0.1) is 18.0 Å². The molecule has 0 saturated carbocycles. The Labute approximate surface area is 123 Å². The molecule has 0 atom stereocenters. The second-order valence-electron chi connectivity index (χ2n) is 5.11. The summed E-state index contributed by atoms with van der Waals surface area (Å²) in [6, 6.07) is 0. The zero-order valence-electron chi connectivity index (χ0n) is 11.9. The lowest BCUT2D eigenvalue weighted by atomic mass is 9.93. The zero-order valence-corrected chi connectivity index (χ0v) is 12.8. The summed E-state index contributed by atoms with van der Waals surface area (Å²) in [5.41, 5.74) is 0.492. The van der Waals surface area contributed by atoms with Gasteiger partial charge in [-0.2, -0.15) is 0 Å². The molecule has 0 aliphatic carbocycles. The molecule has 0 unspecified atom stereocenters. The van der Waals surface area contributed by atoms with Crippen molar-refractivity contribution in [1.82, 2.24) is 20.3 Å². The first-order valence-corrected chi connectivity index (χ1v) is 8.84. The summed E-state index contributed by atoms with van der Waals surface area (Å²) >= 11 is 0. The van der Waals surface area contributed by atoms with E-state index >= 15 is 0 Å². The molecule has 8 nitrogen and oxygen atoms in total. The molecule has 2 heterocycles. The van der Waals surface area contributed by atoms with Crippen LogP contribution in [-0.2, 0) is 16.4 Å². The number of nitrogens with one attached hydrogen (secondary N) is 1. The van der Waals surface area contributed by atoms with E-state index in [-0.39, 0.29) is 29.7 Å². The van der Waals surface area contributed by atoms with Crippen LogP contribution < -0.4 is 5.32 Å². The summed E-state index contributed by atoms with van der Waals surface area (Å²) < 4.78 is 24.7. The predicted octanol–water partition coefficient (Wildman–Crippen LogP) is -0.122. The van der Waals surface area contributed by atoms with Gasteiger partial charge in [0.2, 0.25) is 0 Å². The number of carbonyl (C=O) groups is 1. The highest BCUT2D eigenvalue weighted by Crippen LogP contribution is 2.27. The first kappa shape index (κ1) is 15.9. The van der Waals surface area contributed by atoms with Crippen molar-refractivity contribution in [3.63, 3.8) is 0 Å². The average molecular weight is 316 g/mol. The number of aromatic nitrogens is 3. The maximum absolute atomic E-state index is 11.6. The molecule has 1 aromatic heterocycles. The molecular formula is C12H20N4O4S. The fourth-order valence-corrected chi connectivity index (χ4v) is 3.25. The molecule has 2 N–H and O–H groups in total. The topological polar surface area (TPSA) is 114 Å². The quantitative estimate of drug-likeness (QED) is 0.752. The minimum absolute atomic E-state index is 0.0517. The highest BCUT2D eigenvalue weighted by Gasteiger charge is 2.28. The monoisotopic (exact) mass is 316 g/mol. The number of aromatic carboxylic acids is 1. The normalized spacial score (nSPS) is 17.0. The van der Waals surface area contributed by atoms with Crippen LogP contribution in [0.4, 0.5) is 0 Å². The minimum atomic E-state index is -3.12. The summed E-state index contributed by atoms with van der Waals surface area (Å²) in [4.78, 5) is 11.3. The molecule has 1 aliphatic rings. The molecule has 21 heavy (non-hydrogen) atoms. The Kier molecular flexibility index (Phi) is 4.94. The van der Waals surface area contributed by atoms with Crippen molar-refractivity contribution in [2.45, 2.75) is 32.2 Å². The molecule has 1 aromatic rings. The van der Waals surface area contributed by atoms with Gasteiger partial charge >= 0.3 is 5.97 Å². The van der Waals surface area contributed by atoms with Crippen molar-refractivity contribution in [2.24, 2.45) is 0 Å². The summed E-state index contributed by atoms with van der Waals surface area (Å²) in [5.74, 6) is -1.05. The standard InChI is InChI=1S/C12H20N4O4S/c1-2-21(19,20)8-7-16-11(9-3-5-13-6-4-9)10(12(17)18)14-15-16/h9,13H,2-8H2,1H3,(H,17,18). The Morgan fingerprint density at radius 1 is 1.43 bits per heavy atom. The number of rotatable bonds is 6. The number of sulfone groups is 1. The smallest absolute Gasteiger partial charge is 0.358 e. The Bertz CT molecular complexity index is 605. The van der Waals surface area contributed by atoms with Gasteiger partial charge in [-0.25, -0.2) is 17.9 Å². The highest BCUT2D eigenvalue weighted by atomic mass is 32.2. The van der Waals surface area contributed by atoms with Gasteiger partial charge in [-0.15, -0.1) is 5.10 Å². The Balaban J connectivity index is 2.26. The first-order valence-electron chi connectivity index (χ1n) is 7.02. The van der Waals surface area contributed by atoms with Gasteiger partial charge in [0, 0.05) is 11.7 Å². The Hall–Kier alpha value is -1.48. The maximum atomic E-state index is 11.6. The largest absolute Gasteiger partial charge is 0.476 e. The third-order valence-corrected chi connectivity index (χ3v) is 5.44. The van der Waals surface area contributed by atoms with Crippen molar-refractivity contribution in [3.05, 3.63) is 11.4 Å². The fraction of sp³-hybridized carbons (Fsp3) is 0.750. The van der Waals surface area contributed by atoms with Crippen LogP contribution in [0.5, 0.6) is 0 Å².